The van der Waals surface area contributed by atoms with Crippen molar-refractivity contribution < 1.29 is 87.8 Å². The molecule has 0 saturated carbocycles. The van der Waals surface area contributed by atoms with Crippen LogP contribution in [-0.2, 0) is 44.8 Å². The Morgan fingerprint density at radius 3 is 1.34 bits per heavy atom. The molecule has 7 amide bonds. The molecule has 0 aliphatic carbocycles. The third-order valence-corrected chi connectivity index (χ3v) is 10.5. The minimum atomic E-state index is -1.57. The molecule has 28 heteroatoms. The quantitative estimate of drug-likeness (QED) is 0.0414. The first-order valence-electron chi connectivity index (χ1n) is 22.6. The number of hydrogen-bond acceptors (Lipinski definition) is 13. The third kappa shape index (κ3) is 24.8. The van der Waals surface area contributed by atoms with Crippen molar-refractivity contribution in [3.63, 3.8) is 0 Å². The van der Waals surface area contributed by atoms with E-state index in [9.17, 15) is 77.6 Å². The fraction of sp³-hybridized carbons (Fsp3) is 0.558. The second-order valence-corrected chi connectivity index (χ2v) is 16.1. The molecule has 13 N–H and O–H groups in total. The summed E-state index contributed by atoms with van der Waals surface area (Å²) < 4.78 is 14.1. The van der Waals surface area contributed by atoms with E-state index in [-0.39, 0.29) is 89.3 Å². The van der Waals surface area contributed by atoms with Gasteiger partial charge in [0.15, 0.2) is 0 Å². The van der Waals surface area contributed by atoms with Gasteiger partial charge in [0, 0.05) is 50.4 Å². The summed E-state index contributed by atoms with van der Waals surface area (Å²) in [7, 11) is 0. The molecule has 1 aromatic carbocycles. The number of halogens is 1. The van der Waals surface area contributed by atoms with Crippen LogP contribution in [-0.4, -0.2) is 161 Å². The topological polar surface area (TPSA) is 424 Å². The summed E-state index contributed by atoms with van der Waals surface area (Å²) in [4.78, 5) is 132. The Morgan fingerprint density at radius 1 is 0.521 bits per heavy atom. The maximum atomic E-state index is 13.4. The monoisotopic (exact) mass is 1010 g/mol. The van der Waals surface area contributed by atoms with E-state index in [4.69, 9.17) is 10.2 Å². The number of nitrogens with zero attached hydrogens (tertiary/aromatic N) is 3. The minimum Gasteiger partial charge on any atom is -0.481 e. The maximum absolute atomic E-state index is 13.4. The van der Waals surface area contributed by atoms with E-state index in [1.165, 1.54) is 16.8 Å². The van der Waals surface area contributed by atoms with Crippen LogP contribution >= 0.6 is 0 Å². The van der Waals surface area contributed by atoms with Gasteiger partial charge in [0.05, 0.1) is 24.3 Å². The summed E-state index contributed by atoms with van der Waals surface area (Å²) in [6.45, 7) is -0.312. The van der Waals surface area contributed by atoms with Crippen LogP contribution in [0.1, 0.15) is 112 Å². The normalized spacial score (nSPS) is 12.9. The van der Waals surface area contributed by atoms with Gasteiger partial charge in [-0.25, -0.2) is 33.4 Å². The Labute approximate surface area is 405 Å². The predicted octanol–water partition coefficient (Wildman–Crippen LogP) is 0.542. The number of carboxylic acid groups (broad SMARTS) is 6. The van der Waals surface area contributed by atoms with Crippen molar-refractivity contribution in [2.75, 3.05) is 19.8 Å². The Kier molecular flexibility index (Phi) is 26.7. The fourth-order valence-electron chi connectivity index (χ4n) is 6.58. The highest BCUT2D eigenvalue weighted by molar-refractivity contribution is 5.94. The molecule has 0 aliphatic heterocycles. The molecular weight excluding hydrogens is 948 g/mol. The van der Waals surface area contributed by atoms with Gasteiger partial charge in [-0.3, -0.25) is 28.4 Å². The van der Waals surface area contributed by atoms with Crippen molar-refractivity contribution in [3.05, 3.63) is 41.7 Å². The molecule has 2 aromatic rings. The molecular formula is C43H61FN10O17. The summed E-state index contributed by atoms with van der Waals surface area (Å²) in [6, 6.07) is -2.67. The number of carboxylic acids is 6. The molecule has 2 rings (SSSR count). The Balaban J connectivity index is 1.96. The van der Waals surface area contributed by atoms with Crippen molar-refractivity contribution >= 4 is 65.6 Å². The van der Waals surface area contributed by atoms with Gasteiger partial charge in [-0.15, -0.1) is 5.10 Å². The van der Waals surface area contributed by atoms with Gasteiger partial charge in [-0.05, 0) is 101 Å². The standard InChI is InChI=1S/C43H61FN10O17/c44-21-5-6-27-24-54(53-52-27)28-13-9-25(10-14-28)37(61)47-26(11-17-33(55)45-22-3-1-7-29(38(62)63)48-42(70)50-31(40(66)67)15-19-35(57)58)12-18-34(56)46-23-4-2-8-30(39(64)65)49-43(71)51-32(41(68)69)16-20-36(59)60/h9-10,13-14,24,26,29-32H,1-8,11-12,15-23H2,(H,45,55)(H,46,56)(H,47,61)(H,57,58)(H,59,60)(H,62,63)(H,64,65)(H,66,67)(H,68,69)(H2,48,50,70)(H2,49,51,71)/t26?,29-,30-,31?,32?/m0/s1. The van der Waals surface area contributed by atoms with Crippen molar-refractivity contribution in [1.82, 2.24) is 52.2 Å². The molecule has 71 heavy (non-hydrogen) atoms. The highest BCUT2D eigenvalue weighted by atomic mass is 19.1. The van der Waals surface area contributed by atoms with Gasteiger partial charge >= 0.3 is 47.9 Å². The van der Waals surface area contributed by atoms with Crippen LogP contribution in [0.15, 0.2) is 30.5 Å². The number of hydrogen-bond donors (Lipinski definition) is 13. The molecule has 0 fully saturated rings. The molecule has 0 saturated heterocycles. The van der Waals surface area contributed by atoms with Crippen LogP contribution in [0, 0.1) is 0 Å². The second-order valence-electron chi connectivity index (χ2n) is 16.1. The average Bonchev–Trinajstić information content (AvgIpc) is 3.79. The van der Waals surface area contributed by atoms with Crippen molar-refractivity contribution in [2.45, 2.75) is 133 Å². The van der Waals surface area contributed by atoms with E-state index < -0.39 is 128 Å². The van der Waals surface area contributed by atoms with Crippen LogP contribution in [0.5, 0.6) is 0 Å². The van der Waals surface area contributed by atoms with E-state index in [0.29, 0.717) is 17.8 Å². The van der Waals surface area contributed by atoms with Gasteiger partial charge in [0.25, 0.3) is 5.91 Å². The number of aromatic nitrogens is 3. The van der Waals surface area contributed by atoms with Gasteiger partial charge in [-0.1, -0.05) is 5.21 Å². The summed E-state index contributed by atoms with van der Waals surface area (Å²) in [5.74, 6) is -9.80. The van der Waals surface area contributed by atoms with Crippen LogP contribution in [0.2, 0.25) is 0 Å². The molecule has 0 radical (unpaired) electrons. The predicted molar refractivity (Wildman–Crippen MR) is 242 cm³/mol. The number of aliphatic carboxylic acids is 6. The highest BCUT2D eigenvalue weighted by Gasteiger charge is 2.27. The molecule has 1 heterocycles. The van der Waals surface area contributed by atoms with Gasteiger partial charge in [-0.2, -0.15) is 0 Å². The van der Waals surface area contributed by atoms with E-state index in [2.05, 4.69) is 36.9 Å². The number of nitrogens with one attached hydrogen (secondary N) is 7. The van der Waals surface area contributed by atoms with Crippen molar-refractivity contribution in [2.24, 2.45) is 0 Å². The number of rotatable bonds is 36. The number of alkyl halides is 1. The number of unbranched alkanes of at least 4 members (excludes halogenated alkanes) is 2. The molecule has 2 unspecified atom stereocenters. The first-order chi connectivity index (χ1) is 33.7. The van der Waals surface area contributed by atoms with E-state index in [1.807, 2.05) is 10.6 Å². The van der Waals surface area contributed by atoms with Crippen LogP contribution in [0.3, 0.4) is 0 Å². The summed E-state index contributed by atoms with van der Waals surface area (Å²) >= 11 is 0. The van der Waals surface area contributed by atoms with E-state index >= 15 is 0 Å². The molecule has 0 spiro atoms. The molecule has 0 bridgehead atoms. The van der Waals surface area contributed by atoms with E-state index in [1.54, 1.807) is 18.3 Å². The zero-order valence-electron chi connectivity index (χ0n) is 38.6. The van der Waals surface area contributed by atoms with Crippen LogP contribution in [0.25, 0.3) is 5.69 Å². The minimum absolute atomic E-state index is 0.0808. The first kappa shape index (κ1) is 59.2. The van der Waals surface area contributed by atoms with Crippen LogP contribution < -0.4 is 37.2 Å². The lowest BCUT2D eigenvalue weighted by Gasteiger charge is -2.19. The molecule has 0 aliphatic rings. The number of carbonyl (C=O) groups is 11. The Morgan fingerprint density at radius 2 is 0.944 bits per heavy atom. The van der Waals surface area contributed by atoms with Gasteiger partial charge in [0.2, 0.25) is 11.8 Å². The third-order valence-electron chi connectivity index (χ3n) is 10.5. The lowest BCUT2D eigenvalue weighted by atomic mass is 10.0. The molecule has 392 valence electrons. The number of benzene rings is 1. The Bertz CT molecular complexity index is 2050. The molecule has 27 nitrogen and oxygen atoms in total. The number of aryl methyl sites for hydroxylation is 1. The van der Waals surface area contributed by atoms with Crippen molar-refractivity contribution in [1.29, 1.82) is 0 Å². The molecule has 4 atom stereocenters. The summed E-state index contributed by atoms with van der Waals surface area (Å²) in [6.07, 6.45) is 1.04. The zero-order valence-corrected chi connectivity index (χ0v) is 38.6. The second kappa shape index (κ2) is 32.0. The number of urea groups is 2. The average molecular weight is 1010 g/mol. The van der Waals surface area contributed by atoms with E-state index in [0.717, 1.165) is 0 Å². The maximum Gasteiger partial charge on any atom is 0.326 e. The summed E-state index contributed by atoms with van der Waals surface area (Å²) in [5, 5.41) is 79.8. The number of amides is 7. The highest BCUT2D eigenvalue weighted by Crippen LogP contribution is 2.13. The lowest BCUT2D eigenvalue weighted by molar-refractivity contribution is -0.142. The summed E-state index contributed by atoms with van der Waals surface area (Å²) in [5.41, 5.74) is 1.40. The SMILES string of the molecule is O=C(O)CCC(NC(=O)N[C@@H](CCCCNC(=O)CCC(CCC(=O)NCCCC[C@H](NC(=O)NC(CCC(=O)O)C(=O)O)C(=O)O)NC(=O)c1ccc(-n2cc(CCCF)nn2)cc1)C(=O)O)C(=O)O. The Hall–Kier alpha value is -7.94. The fourth-order valence-corrected chi connectivity index (χ4v) is 6.58. The smallest absolute Gasteiger partial charge is 0.326 e. The van der Waals surface area contributed by atoms with Gasteiger partial charge in [0.1, 0.15) is 24.2 Å². The first-order valence-corrected chi connectivity index (χ1v) is 22.6. The largest absolute Gasteiger partial charge is 0.481 e. The number of carbonyl (C=O) groups excluding carboxylic acids is 5. The zero-order chi connectivity index (χ0) is 52.9. The van der Waals surface area contributed by atoms with Crippen LogP contribution in [0.4, 0.5) is 14.0 Å². The lowest BCUT2D eigenvalue weighted by Crippen LogP contribution is -2.51. The van der Waals surface area contributed by atoms with Crippen molar-refractivity contribution in [3.8, 4) is 5.69 Å². The molecule has 1 aromatic heterocycles. The van der Waals surface area contributed by atoms with Gasteiger partial charge < -0.3 is 67.9 Å².